The molecule has 0 atom stereocenters. The molecule has 0 unspecified atom stereocenters. The van der Waals surface area contributed by atoms with E-state index in [2.05, 4.69) is 44.7 Å². The van der Waals surface area contributed by atoms with Crippen LogP contribution in [0.15, 0.2) is 0 Å². The molecule has 3 heteroatoms. The molecule has 0 aliphatic heterocycles. The van der Waals surface area contributed by atoms with E-state index in [0.717, 1.165) is 12.5 Å². The van der Waals surface area contributed by atoms with Gasteiger partial charge in [-0.1, -0.05) is 0 Å². The van der Waals surface area contributed by atoms with Crippen molar-refractivity contribution in [2.45, 2.75) is 44.5 Å². The van der Waals surface area contributed by atoms with Gasteiger partial charge in [-0.25, -0.2) is 0 Å². The van der Waals surface area contributed by atoms with Gasteiger partial charge in [0.1, 0.15) is 0 Å². The van der Waals surface area contributed by atoms with Crippen molar-refractivity contribution in [3.63, 3.8) is 0 Å². The molecule has 0 fully saturated rings. The average molecular weight is 180 g/mol. The molecule has 0 saturated heterocycles. The van der Waals surface area contributed by atoms with E-state index in [9.17, 15) is 0 Å². The minimum absolute atomic E-state index is 0.785. The first-order valence-corrected chi connectivity index (χ1v) is 8.23. The van der Waals surface area contributed by atoms with Crippen molar-refractivity contribution in [3.05, 3.63) is 0 Å². The normalized spacial score (nSPS) is 12.6. The van der Waals surface area contributed by atoms with Gasteiger partial charge in [0.25, 0.3) is 0 Å². The minimum atomic E-state index is -1.30. The summed E-state index contributed by atoms with van der Waals surface area (Å²) in [5.74, 6) is 0.785. The summed E-state index contributed by atoms with van der Waals surface area (Å²) >= 11 is 2.21. The molecule has 0 radical (unpaired) electrons. The third kappa shape index (κ3) is 7.42. The average Bonchev–Trinajstić information content (AvgIpc) is 1.84. The van der Waals surface area contributed by atoms with Crippen LogP contribution in [0.3, 0.4) is 0 Å². The molecule has 0 spiro atoms. The SMILES string of the molecule is [Li][CH2]CCO[Si](C)(C)CC(C)C. The molecule has 0 aliphatic carbocycles. The van der Waals surface area contributed by atoms with Gasteiger partial charge in [0.2, 0.25) is 0 Å². The van der Waals surface area contributed by atoms with E-state index in [1.807, 2.05) is 0 Å². The van der Waals surface area contributed by atoms with Crippen molar-refractivity contribution in [2.24, 2.45) is 5.92 Å². The van der Waals surface area contributed by atoms with E-state index < -0.39 is 8.32 Å². The molecule has 0 amide bonds. The van der Waals surface area contributed by atoms with Crippen molar-refractivity contribution in [1.29, 1.82) is 0 Å². The summed E-state index contributed by atoms with van der Waals surface area (Å²) < 4.78 is 5.92. The Morgan fingerprint density at radius 3 is 2.33 bits per heavy atom. The molecule has 0 aromatic rings. The van der Waals surface area contributed by atoms with Crippen LogP contribution < -0.4 is 0 Å². The van der Waals surface area contributed by atoms with Gasteiger partial charge in [0.05, 0.1) is 0 Å². The van der Waals surface area contributed by atoms with Gasteiger partial charge in [0, 0.05) is 0 Å². The second-order valence-corrected chi connectivity index (χ2v) is 8.78. The molecule has 68 valence electrons. The second-order valence-electron chi connectivity index (χ2n) is 4.56. The summed E-state index contributed by atoms with van der Waals surface area (Å²) in [6.07, 6.45) is 1.22. The zero-order valence-corrected chi connectivity index (χ0v) is 10.3. The summed E-state index contributed by atoms with van der Waals surface area (Å²) in [5.41, 5.74) is 0. The van der Waals surface area contributed by atoms with Gasteiger partial charge in [-0.05, 0) is 0 Å². The number of hydrogen-bond donors (Lipinski definition) is 0. The summed E-state index contributed by atoms with van der Waals surface area (Å²) in [6, 6.07) is 1.29. The van der Waals surface area contributed by atoms with E-state index in [1.54, 1.807) is 0 Å². The van der Waals surface area contributed by atoms with Crippen LogP contribution in [0, 0.1) is 5.92 Å². The molecule has 0 bridgehead atoms. The van der Waals surface area contributed by atoms with Crippen LogP contribution in [-0.4, -0.2) is 32.6 Å². The fourth-order valence-electron chi connectivity index (χ4n) is 1.53. The first-order chi connectivity index (χ1) is 5.48. The van der Waals surface area contributed by atoms with Gasteiger partial charge in [0.15, 0.2) is 0 Å². The Balaban J connectivity index is 3.56. The van der Waals surface area contributed by atoms with E-state index in [-0.39, 0.29) is 0 Å². The molecule has 12 heavy (non-hydrogen) atoms. The maximum atomic E-state index is 5.92. The molecule has 1 nitrogen and oxygen atoms in total. The zero-order chi connectivity index (χ0) is 9.61. The van der Waals surface area contributed by atoms with E-state index >= 15 is 0 Å². The predicted molar refractivity (Wildman–Crippen MR) is 58.3 cm³/mol. The van der Waals surface area contributed by atoms with Crippen LogP contribution in [0.25, 0.3) is 0 Å². The predicted octanol–water partition coefficient (Wildman–Crippen LogP) is 2.84. The third-order valence-corrected chi connectivity index (χ3v) is 4.68. The summed E-state index contributed by atoms with van der Waals surface area (Å²) in [4.78, 5) is 0. The first-order valence-electron chi connectivity index (χ1n) is 5.12. The Hall–Kier alpha value is 0.774. The van der Waals surface area contributed by atoms with E-state index in [4.69, 9.17) is 4.43 Å². The standard InChI is InChI=1S/C9H21OSi.Li/c1-6-7-10-11(4,5)8-9(2)3;/h9H,1,6-8H2,2-5H3;. The van der Waals surface area contributed by atoms with E-state index in [1.165, 1.54) is 17.6 Å². The second kappa shape index (κ2) is 6.26. The van der Waals surface area contributed by atoms with Crippen LogP contribution >= 0.6 is 0 Å². The van der Waals surface area contributed by atoms with Crippen LogP contribution in [0.4, 0.5) is 0 Å². The Bertz CT molecular complexity index is 115. The topological polar surface area (TPSA) is 9.23 Å². The van der Waals surface area contributed by atoms with Gasteiger partial charge < -0.3 is 0 Å². The van der Waals surface area contributed by atoms with Crippen molar-refractivity contribution < 1.29 is 4.43 Å². The van der Waals surface area contributed by atoms with Crippen LogP contribution in [0.1, 0.15) is 20.3 Å². The Kier molecular flexibility index (Phi) is 6.67. The van der Waals surface area contributed by atoms with Gasteiger partial charge in [-0.15, -0.1) is 0 Å². The molecule has 0 heterocycles. The fourth-order valence-corrected chi connectivity index (χ4v) is 4.32. The van der Waals surface area contributed by atoms with Crippen molar-refractivity contribution in [3.8, 4) is 0 Å². The molecular formula is C9H21LiOSi. The van der Waals surface area contributed by atoms with Crippen molar-refractivity contribution >= 4 is 26.0 Å². The molecule has 0 aromatic carbocycles. The number of rotatable bonds is 6. The summed E-state index contributed by atoms with van der Waals surface area (Å²) in [5, 5.41) is 1.24. The fraction of sp³-hybridized carbons (Fsp3) is 1.00. The van der Waals surface area contributed by atoms with Gasteiger partial charge in [-0.2, -0.15) is 0 Å². The molecule has 0 aromatic heterocycles. The molecular weight excluding hydrogens is 159 g/mol. The van der Waals surface area contributed by atoms with E-state index in [0.29, 0.717) is 0 Å². The monoisotopic (exact) mass is 180 g/mol. The Morgan fingerprint density at radius 1 is 1.33 bits per heavy atom. The Labute approximate surface area is 87.6 Å². The number of hydrogen-bond acceptors (Lipinski definition) is 1. The molecule has 0 saturated carbocycles. The van der Waals surface area contributed by atoms with Crippen LogP contribution in [0.2, 0.25) is 24.2 Å². The Morgan fingerprint density at radius 2 is 1.92 bits per heavy atom. The molecule has 0 N–H and O–H groups in total. The molecule has 0 rings (SSSR count). The maximum absolute atomic E-state index is 5.92. The van der Waals surface area contributed by atoms with Crippen molar-refractivity contribution in [2.75, 3.05) is 6.61 Å². The molecule has 0 aliphatic rings. The van der Waals surface area contributed by atoms with Crippen LogP contribution in [-0.2, 0) is 4.43 Å². The summed E-state index contributed by atoms with van der Waals surface area (Å²) in [6.45, 7) is 10.2. The van der Waals surface area contributed by atoms with Crippen molar-refractivity contribution in [1.82, 2.24) is 0 Å². The summed E-state index contributed by atoms with van der Waals surface area (Å²) in [7, 11) is -1.30. The van der Waals surface area contributed by atoms with Gasteiger partial charge in [-0.3, -0.25) is 0 Å². The quantitative estimate of drug-likeness (QED) is 0.451. The third-order valence-electron chi connectivity index (χ3n) is 1.89. The zero-order valence-electron chi connectivity index (χ0n) is 9.31. The van der Waals surface area contributed by atoms with Gasteiger partial charge >= 0.3 is 87.5 Å². The van der Waals surface area contributed by atoms with Crippen LogP contribution in [0.5, 0.6) is 0 Å². The first kappa shape index (κ1) is 12.8.